The monoisotopic (exact) mass is 319 g/mol. The molecule has 0 N–H and O–H groups in total. The van der Waals surface area contributed by atoms with Gasteiger partial charge in [-0.05, 0) is 30.4 Å². The molecular weight excluding hydrogens is 298 g/mol. The second-order valence-corrected chi connectivity index (χ2v) is 6.97. The summed E-state index contributed by atoms with van der Waals surface area (Å²) >= 11 is 1.90. The molecule has 1 saturated heterocycles. The zero-order valence-corrected chi connectivity index (χ0v) is 14.1. The Balaban J connectivity index is 1.85. The minimum Gasteiger partial charge on any atom is -0.363 e. The van der Waals surface area contributed by atoms with E-state index in [2.05, 4.69) is 70.9 Å². The van der Waals surface area contributed by atoms with Crippen LogP contribution in [0.15, 0.2) is 66.0 Å². The van der Waals surface area contributed by atoms with Crippen molar-refractivity contribution in [3.05, 3.63) is 66.0 Å². The molecule has 1 aliphatic heterocycles. The number of thiophene rings is 1. The lowest BCUT2D eigenvalue weighted by Crippen LogP contribution is -2.28. The van der Waals surface area contributed by atoms with E-state index in [9.17, 15) is 0 Å². The summed E-state index contributed by atoms with van der Waals surface area (Å²) in [4.78, 5) is 2.59. The van der Waals surface area contributed by atoms with Gasteiger partial charge in [-0.1, -0.05) is 60.7 Å². The molecule has 0 amide bonds. The first kappa shape index (κ1) is 14.5. The summed E-state index contributed by atoms with van der Waals surface area (Å²) < 4.78 is 0. The zero-order valence-electron chi connectivity index (χ0n) is 13.2. The Morgan fingerprint density at radius 1 is 0.696 bits per heavy atom. The molecular formula is C21H21NS. The van der Waals surface area contributed by atoms with E-state index in [0.717, 1.165) is 0 Å². The lowest BCUT2D eigenvalue weighted by Gasteiger charge is -2.29. The number of hydrogen-bond donors (Lipinski definition) is 0. The second kappa shape index (κ2) is 6.59. The van der Waals surface area contributed by atoms with Crippen LogP contribution in [0.1, 0.15) is 19.3 Å². The first-order chi connectivity index (χ1) is 11.4. The van der Waals surface area contributed by atoms with Crippen molar-refractivity contribution in [2.75, 3.05) is 18.0 Å². The fourth-order valence-corrected chi connectivity index (χ4v) is 4.55. The Morgan fingerprint density at radius 3 is 1.96 bits per heavy atom. The molecule has 2 aromatic carbocycles. The van der Waals surface area contributed by atoms with E-state index in [4.69, 9.17) is 0 Å². The highest BCUT2D eigenvalue weighted by atomic mass is 32.1. The third-order valence-corrected chi connectivity index (χ3v) is 5.60. The van der Waals surface area contributed by atoms with Gasteiger partial charge in [0.2, 0.25) is 0 Å². The van der Waals surface area contributed by atoms with E-state index >= 15 is 0 Å². The van der Waals surface area contributed by atoms with Gasteiger partial charge in [0.25, 0.3) is 0 Å². The molecule has 1 nitrogen and oxygen atoms in total. The van der Waals surface area contributed by atoms with Gasteiger partial charge in [-0.25, -0.2) is 0 Å². The summed E-state index contributed by atoms with van der Waals surface area (Å²) in [6.45, 7) is 2.38. The van der Waals surface area contributed by atoms with Gasteiger partial charge in [0, 0.05) is 29.6 Å². The van der Waals surface area contributed by atoms with Crippen molar-refractivity contribution in [1.29, 1.82) is 0 Å². The highest BCUT2D eigenvalue weighted by Gasteiger charge is 2.21. The van der Waals surface area contributed by atoms with Gasteiger partial charge in [-0.15, -0.1) is 11.3 Å². The first-order valence-corrected chi connectivity index (χ1v) is 9.29. The fourth-order valence-electron chi connectivity index (χ4n) is 3.39. The SMILES string of the molecule is c1ccc(-c2csc(N3CCCCC3)c2-c2ccccc2)cc1. The van der Waals surface area contributed by atoms with Crippen LogP contribution in [0.5, 0.6) is 0 Å². The summed E-state index contributed by atoms with van der Waals surface area (Å²) in [6.07, 6.45) is 3.99. The molecule has 2 heteroatoms. The number of hydrogen-bond acceptors (Lipinski definition) is 2. The lowest BCUT2D eigenvalue weighted by molar-refractivity contribution is 0.581. The smallest absolute Gasteiger partial charge is 0.0994 e. The Morgan fingerprint density at radius 2 is 1.30 bits per heavy atom. The first-order valence-electron chi connectivity index (χ1n) is 8.41. The molecule has 1 aromatic heterocycles. The maximum atomic E-state index is 2.59. The van der Waals surface area contributed by atoms with Crippen LogP contribution in [-0.2, 0) is 0 Å². The topological polar surface area (TPSA) is 3.24 Å². The highest BCUT2D eigenvalue weighted by molar-refractivity contribution is 7.15. The standard InChI is InChI=1S/C21H21NS/c1-4-10-17(11-5-1)19-16-23-21(22-14-8-3-9-15-22)20(19)18-12-6-2-7-13-18/h1-2,4-7,10-13,16H,3,8-9,14-15H2. The molecule has 0 radical (unpaired) electrons. The van der Waals surface area contributed by atoms with E-state index < -0.39 is 0 Å². The van der Waals surface area contributed by atoms with Crippen molar-refractivity contribution in [2.24, 2.45) is 0 Å². The third kappa shape index (κ3) is 2.91. The molecule has 0 saturated carbocycles. The molecule has 0 bridgehead atoms. The Kier molecular flexibility index (Phi) is 4.16. The minimum absolute atomic E-state index is 1.19. The van der Waals surface area contributed by atoms with Crippen molar-refractivity contribution in [1.82, 2.24) is 0 Å². The minimum atomic E-state index is 1.19. The lowest BCUT2D eigenvalue weighted by atomic mass is 9.97. The van der Waals surface area contributed by atoms with Crippen LogP contribution in [0.25, 0.3) is 22.3 Å². The normalized spacial score (nSPS) is 14.9. The number of rotatable bonds is 3. The van der Waals surface area contributed by atoms with Crippen LogP contribution < -0.4 is 4.90 Å². The average Bonchev–Trinajstić information content (AvgIpc) is 3.09. The fraction of sp³-hybridized carbons (Fsp3) is 0.238. The molecule has 4 rings (SSSR count). The molecule has 1 fully saturated rings. The average molecular weight is 319 g/mol. The van der Waals surface area contributed by atoms with Crippen molar-refractivity contribution in [3.63, 3.8) is 0 Å². The molecule has 1 aliphatic rings. The van der Waals surface area contributed by atoms with E-state index in [1.165, 1.54) is 59.6 Å². The quantitative estimate of drug-likeness (QED) is 0.566. The Hall–Kier alpha value is -2.06. The predicted molar refractivity (Wildman–Crippen MR) is 101 cm³/mol. The molecule has 0 unspecified atom stereocenters. The van der Waals surface area contributed by atoms with E-state index in [0.29, 0.717) is 0 Å². The van der Waals surface area contributed by atoms with Gasteiger partial charge in [-0.2, -0.15) is 0 Å². The maximum Gasteiger partial charge on any atom is 0.0994 e. The predicted octanol–water partition coefficient (Wildman–Crippen LogP) is 6.07. The molecule has 23 heavy (non-hydrogen) atoms. The molecule has 2 heterocycles. The molecule has 0 aliphatic carbocycles. The summed E-state index contributed by atoms with van der Waals surface area (Å²) in [6, 6.07) is 21.6. The van der Waals surface area contributed by atoms with Gasteiger partial charge < -0.3 is 4.90 Å². The van der Waals surface area contributed by atoms with Crippen LogP contribution >= 0.6 is 11.3 Å². The van der Waals surface area contributed by atoms with Crippen LogP contribution in [0.4, 0.5) is 5.00 Å². The van der Waals surface area contributed by atoms with Gasteiger partial charge in [0.05, 0.1) is 5.00 Å². The zero-order chi connectivity index (χ0) is 15.5. The number of piperidine rings is 1. The molecule has 0 atom stereocenters. The van der Waals surface area contributed by atoms with Gasteiger partial charge in [0.1, 0.15) is 0 Å². The van der Waals surface area contributed by atoms with Crippen molar-refractivity contribution >= 4 is 16.3 Å². The van der Waals surface area contributed by atoms with Crippen LogP contribution in [-0.4, -0.2) is 13.1 Å². The molecule has 116 valence electrons. The van der Waals surface area contributed by atoms with Crippen molar-refractivity contribution in [3.8, 4) is 22.3 Å². The van der Waals surface area contributed by atoms with E-state index in [-0.39, 0.29) is 0 Å². The number of benzene rings is 2. The maximum absolute atomic E-state index is 2.59. The molecule has 0 spiro atoms. The molecule has 3 aromatic rings. The summed E-state index contributed by atoms with van der Waals surface area (Å²) in [5, 5.41) is 3.77. The third-order valence-electron chi connectivity index (χ3n) is 4.56. The Bertz CT molecular complexity index is 755. The van der Waals surface area contributed by atoms with E-state index in [1.54, 1.807) is 0 Å². The second-order valence-electron chi connectivity index (χ2n) is 6.11. The highest BCUT2D eigenvalue weighted by Crippen LogP contribution is 2.45. The van der Waals surface area contributed by atoms with Gasteiger partial charge >= 0.3 is 0 Å². The van der Waals surface area contributed by atoms with Crippen molar-refractivity contribution in [2.45, 2.75) is 19.3 Å². The van der Waals surface area contributed by atoms with Crippen molar-refractivity contribution < 1.29 is 0 Å². The summed E-state index contributed by atoms with van der Waals surface area (Å²) in [7, 11) is 0. The Labute approximate surface area is 142 Å². The van der Waals surface area contributed by atoms with Gasteiger partial charge in [-0.3, -0.25) is 0 Å². The van der Waals surface area contributed by atoms with Crippen LogP contribution in [0.3, 0.4) is 0 Å². The van der Waals surface area contributed by atoms with Gasteiger partial charge in [0.15, 0.2) is 0 Å². The van der Waals surface area contributed by atoms with Crippen LogP contribution in [0, 0.1) is 0 Å². The van der Waals surface area contributed by atoms with E-state index in [1.807, 2.05) is 11.3 Å². The van der Waals surface area contributed by atoms with Crippen LogP contribution in [0.2, 0.25) is 0 Å². The summed E-state index contributed by atoms with van der Waals surface area (Å²) in [5.74, 6) is 0. The largest absolute Gasteiger partial charge is 0.363 e. The number of anilines is 1. The summed E-state index contributed by atoms with van der Waals surface area (Å²) in [5.41, 5.74) is 5.41. The number of nitrogens with zero attached hydrogens (tertiary/aromatic N) is 1.